The van der Waals surface area contributed by atoms with Gasteiger partial charge in [-0.3, -0.25) is 0 Å². The Morgan fingerprint density at radius 3 is 2.47 bits per heavy atom. The van der Waals surface area contributed by atoms with Crippen molar-refractivity contribution >= 4 is 5.97 Å². The quantitative estimate of drug-likeness (QED) is 0.288. The predicted molar refractivity (Wildman–Crippen MR) is 72.7 cm³/mol. The lowest BCUT2D eigenvalue weighted by atomic mass is 10.3. The Morgan fingerprint density at radius 2 is 1.84 bits per heavy atom. The first-order chi connectivity index (χ1) is 9.27. The molecule has 1 aliphatic heterocycles. The van der Waals surface area contributed by atoms with E-state index in [0.717, 1.165) is 31.6 Å². The fraction of sp³-hybridized carbons (Fsp3) is 0.643. The van der Waals surface area contributed by atoms with Crippen LogP contribution in [0.2, 0.25) is 0 Å². The Balaban J connectivity index is 2.41. The average molecular weight is 269 g/mol. The second kappa shape index (κ2) is 9.58. The summed E-state index contributed by atoms with van der Waals surface area (Å²) in [5.74, 6) is -0.333. The highest BCUT2D eigenvalue weighted by Crippen LogP contribution is 2.15. The molecule has 0 atom stereocenters. The third-order valence-corrected chi connectivity index (χ3v) is 2.89. The van der Waals surface area contributed by atoms with E-state index in [-0.39, 0.29) is 5.97 Å². The van der Waals surface area contributed by atoms with E-state index in [1.807, 2.05) is 12.2 Å². The van der Waals surface area contributed by atoms with E-state index in [2.05, 4.69) is 9.64 Å². The van der Waals surface area contributed by atoms with Crippen LogP contribution in [0, 0.1) is 0 Å². The van der Waals surface area contributed by atoms with Crippen molar-refractivity contribution < 1.29 is 19.0 Å². The monoisotopic (exact) mass is 269 g/mol. The van der Waals surface area contributed by atoms with E-state index in [1.165, 1.54) is 13.2 Å². The largest absolute Gasteiger partial charge is 0.466 e. The van der Waals surface area contributed by atoms with Crippen LogP contribution >= 0.6 is 0 Å². The molecule has 0 spiro atoms. The van der Waals surface area contributed by atoms with Gasteiger partial charge in [0.05, 0.1) is 26.9 Å². The van der Waals surface area contributed by atoms with Crippen molar-refractivity contribution in [2.75, 3.05) is 47.1 Å². The predicted octanol–water partition coefficient (Wildman–Crippen LogP) is 1.36. The van der Waals surface area contributed by atoms with Gasteiger partial charge in [0.1, 0.15) is 0 Å². The van der Waals surface area contributed by atoms with Gasteiger partial charge in [-0.05, 0) is 12.8 Å². The zero-order valence-corrected chi connectivity index (χ0v) is 11.8. The van der Waals surface area contributed by atoms with Gasteiger partial charge in [-0.2, -0.15) is 0 Å². The zero-order valence-electron chi connectivity index (χ0n) is 11.8. The van der Waals surface area contributed by atoms with Crippen LogP contribution in [-0.2, 0) is 19.0 Å². The van der Waals surface area contributed by atoms with Crippen molar-refractivity contribution in [1.82, 2.24) is 4.90 Å². The maximum Gasteiger partial charge on any atom is 0.332 e. The van der Waals surface area contributed by atoms with Crippen molar-refractivity contribution in [1.29, 1.82) is 0 Å². The molecule has 0 unspecified atom stereocenters. The fourth-order valence-electron chi connectivity index (χ4n) is 1.89. The van der Waals surface area contributed by atoms with Gasteiger partial charge in [0.2, 0.25) is 0 Å². The highest BCUT2D eigenvalue weighted by atomic mass is 16.5. The molecule has 5 heteroatoms. The van der Waals surface area contributed by atoms with E-state index >= 15 is 0 Å². The molecule has 1 rings (SSSR count). The minimum Gasteiger partial charge on any atom is -0.466 e. The molecular formula is C14H23NO4. The number of nitrogens with zero attached hydrogens (tertiary/aromatic N) is 1. The van der Waals surface area contributed by atoms with Crippen LogP contribution < -0.4 is 0 Å². The van der Waals surface area contributed by atoms with Crippen molar-refractivity contribution in [3.8, 4) is 0 Å². The Bertz CT molecular complexity index is 319. The van der Waals surface area contributed by atoms with Crippen molar-refractivity contribution in [2.24, 2.45) is 0 Å². The van der Waals surface area contributed by atoms with Gasteiger partial charge >= 0.3 is 5.97 Å². The first kappa shape index (κ1) is 15.7. The molecule has 108 valence electrons. The maximum absolute atomic E-state index is 11.3. The first-order valence-electron chi connectivity index (χ1n) is 6.53. The molecule has 0 saturated carbocycles. The lowest BCUT2D eigenvalue weighted by Gasteiger charge is -2.21. The molecule has 1 fully saturated rings. The molecule has 0 amide bonds. The second-order valence-corrected chi connectivity index (χ2v) is 4.29. The Hall–Kier alpha value is -1.33. The van der Waals surface area contributed by atoms with Crippen LogP contribution in [0.3, 0.4) is 0 Å². The van der Waals surface area contributed by atoms with Crippen LogP contribution in [0.1, 0.15) is 12.8 Å². The summed E-state index contributed by atoms with van der Waals surface area (Å²) in [6, 6.07) is 0. The van der Waals surface area contributed by atoms with E-state index in [0.29, 0.717) is 19.8 Å². The highest BCUT2D eigenvalue weighted by molar-refractivity contribution is 5.82. The molecule has 1 aliphatic rings. The number of likely N-dealkylation sites (tertiary alicyclic amines) is 1. The van der Waals surface area contributed by atoms with E-state index in [1.54, 1.807) is 7.11 Å². The summed E-state index contributed by atoms with van der Waals surface area (Å²) in [7, 11) is 3.03. The van der Waals surface area contributed by atoms with Gasteiger partial charge < -0.3 is 19.1 Å². The number of esters is 1. The summed E-state index contributed by atoms with van der Waals surface area (Å²) in [5.41, 5.74) is 0.893. The molecule has 19 heavy (non-hydrogen) atoms. The SMILES string of the molecule is COC/C=C\COC/C(=C\C(=O)OC)N1CCCC1. The number of hydrogen-bond acceptors (Lipinski definition) is 5. The summed E-state index contributed by atoms with van der Waals surface area (Å²) < 4.78 is 15.1. The third-order valence-electron chi connectivity index (χ3n) is 2.89. The van der Waals surface area contributed by atoms with Crippen molar-refractivity contribution in [3.63, 3.8) is 0 Å². The summed E-state index contributed by atoms with van der Waals surface area (Å²) in [6.45, 7) is 3.47. The number of hydrogen-bond donors (Lipinski definition) is 0. The number of methoxy groups -OCH3 is 2. The molecule has 0 N–H and O–H groups in total. The van der Waals surface area contributed by atoms with Crippen LogP contribution in [-0.4, -0.2) is 58.0 Å². The lowest BCUT2D eigenvalue weighted by molar-refractivity contribution is -0.135. The molecule has 5 nitrogen and oxygen atoms in total. The summed E-state index contributed by atoms with van der Waals surface area (Å²) in [6.07, 6.45) is 7.64. The Labute approximate surface area is 114 Å². The highest BCUT2D eigenvalue weighted by Gasteiger charge is 2.16. The molecule has 0 bridgehead atoms. The van der Waals surface area contributed by atoms with E-state index in [4.69, 9.17) is 9.47 Å². The smallest absolute Gasteiger partial charge is 0.332 e. The minimum atomic E-state index is -0.333. The van der Waals surface area contributed by atoms with Gasteiger partial charge in [0.25, 0.3) is 0 Å². The lowest BCUT2D eigenvalue weighted by Crippen LogP contribution is -2.23. The molecule has 1 saturated heterocycles. The third kappa shape index (κ3) is 6.40. The van der Waals surface area contributed by atoms with Crippen LogP contribution in [0.15, 0.2) is 23.9 Å². The van der Waals surface area contributed by atoms with Gasteiger partial charge in [-0.15, -0.1) is 0 Å². The van der Waals surface area contributed by atoms with Crippen molar-refractivity contribution in [3.05, 3.63) is 23.9 Å². The van der Waals surface area contributed by atoms with Gasteiger partial charge in [0, 0.05) is 32.0 Å². The summed E-state index contributed by atoms with van der Waals surface area (Å²) in [5, 5.41) is 0. The minimum absolute atomic E-state index is 0.333. The molecule has 0 aliphatic carbocycles. The number of carbonyl (C=O) groups is 1. The molecule has 0 aromatic carbocycles. The number of ether oxygens (including phenoxy) is 3. The zero-order chi connectivity index (χ0) is 13.9. The summed E-state index contributed by atoms with van der Waals surface area (Å²) >= 11 is 0. The van der Waals surface area contributed by atoms with E-state index < -0.39 is 0 Å². The van der Waals surface area contributed by atoms with Gasteiger partial charge in [0.15, 0.2) is 0 Å². The molecular weight excluding hydrogens is 246 g/mol. The molecule has 0 aromatic rings. The van der Waals surface area contributed by atoms with Crippen LogP contribution in [0.5, 0.6) is 0 Å². The normalized spacial score (nSPS) is 16.3. The molecule has 0 aromatic heterocycles. The van der Waals surface area contributed by atoms with E-state index in [9.17, 15) is 4.79 Å². The van der Waals surface area contributed by atoms with Gasteiger partial charge in [-0.1, -0.05) is 12.2 Å². The van der Waals surface area contributed by atoms with Gasteiger partial charge in [-0.25, -0.2) is 4.79 Å². The number of rotatable bonds is 8. The van der Waals surface area contributed by atoms with Crippen molar-refractivity contribution in [2.45, 2.75) is 12.8 Å². The van der Waals surface area contributed by atoms with Crippen LogP contribution in [0.25, 0.3) is 0 Å². The molecule has 1 heterocycles. The standard InChI is InChI=1S/C14H23NO4/c1-17-9-5-6-10-19-12-13(11-14(16)18-2)15-7-3-4-8-15/h5-6,11H,3-4,7-10,12H2,1-2H3/b6-5-,13-11+. The molecule has 0 radical (unpaired) electrons. The maximum atomic E-state index is 11.3. The number of carbonyl (C=O) groups excluding carboxylic acids is 1. The average Bonchev–Trinajstić information content (AvgIpc) is 2.95. The summed E-state index contributed by atoms with van der Waals surface area (Å²) in [4.78, 5) is 13.5. The van der Waals surface area contributed by atoms with Crippen LogP contribution in [0.4, 0.5) is 0 Å². The fourth-order valence-corrected chi connectivity index (χ4v) is 1.89. The topological polar surface area (TPSA) is 48.0 Å². The Kier molecular flexibility index (Phi) is 7.93. The first-order valence-corrected chi connectivity index (χ1v) is 6.53. The Morgan fingerprint density at radius 1 is 1.16 bits per heavy atom. The second-order valence-electron chi connectivity index (χ2n) is 4.29.